The molecule has 1 heteroatoms. The maximum absolute atomic E-state index is 2.41. The van der Waals surface area contributed by atoms with Crippen molar-refractivity contribution in [3.05, 3.63) is 35.4 Å². The molecule has 0 bridgehead atoms. The van der Waals surface area contributed by atoms with E-state index in [0.29, 0.717) is 5.92 Å². The zero-order valence-electron chi connectivity index (χ0n) is 6.97. The van der Waals surface area contributed by atoms with Crippen molar-refractivity contribution in [2.75, 3.05) is 0 Å². The Balaban J connectivity index is 3.02. The first-order chi connectivity index (χ1) is 5.25. The second-order valence-electron chi connectivity index (χ2n) is 2.99. The molecule has 60 valence electrons. The van der Waals surface area contributed by atoms with Crippen LogP contribution in [-0.2, 0) is 4.43 Å². The van der Waals surface area contributed by atoms with Crippen LogP contribution < -0.4 is 0 Å². The van der Waals surface area contributed by atoms with Gasteiger partial charge in [-0.2, -0.15) is 0 Å². The van der Waals surface area contributed by atoms with E-state index in [4.69, 9.17) is 0 Å². The zero-order chi connectivity index (χ0) is 8.27. The third-order valence-corrected chi connectivity index (χ3v) is 2.64. The molecule has 0 nitrogen and oxygen atoms in total. The molecule has 0 aliphatic carbocycles. The van der Waals surface area contributed by atoms with E-state index < -0.39 is 0 Å². The molecule has 0 saturated heterocycles. The van der Waals surface area contributed by atoms with Crippen LogP contribution in [-0.4, -0.2) is 0 Å². The van der Waals surface area contributed by atoms with Crippen LogP contribution in [0.2, 0.25) is 0 Å². The fourth-order valence-electron chi connectivity index (χ4n) is 1.22. The topological polar surface area (TPSA) is 0 Å². The maximum Gasteiger partial charge on any atom is 0.0249 e. The number of benzene rings is 1. The summed E-state index contributed by atoms with van der Waals surface area (Å²) in [6, 6.07) is 8.66. The van der Waals surface area contributed by atoms with Crippen LogP contribution >= 0.6 is 22.6 Å². The van der Waals surface area contributed by atoms with Crippen molar-refractivity contribution in [2.45, 2.75) is 24.2 Å². The highest BCUT2D eigenvalue weighted by molar-refractivity contribution is 14.1. The van der Waals surface area contributed by atoms with Gasteiger partial charge in [-0.25, -0.2) is 0 Å². The molecule has 1 aromatic rings. The molecule has 0 N–H and O–H groups in total. The molecule has 0 radical (unpaired) electrons. The van der Waals surface area contributed by atoms with E-state index in [1.165, 1.54) is 11.1 Å². The minimum Gasteiger partial charge on any atom is -0.0812 e. The fraction of sp³-hybridized carbons (Fsp3) is 0.400. The van der Waals surface area contributed by atoms with Crippen LogP contribution in [0, 0.1) is 0 Å². The fourth-order valence-corrected chi connectivity index (χ4v) is 1.91. The van der Waals surface area contributed by atoms with Crippen LogP contribution in [0.5, 0.6) is 0 Å². The normalized spacial score (nSPS) is 10.5. The van der Waals surface area contributed by atoms with Gasteiger partial charge in [-0.3, -0.25) is 0 Å². The van der Waals surface area contributed by atoms with E-state index >= 15 is 0 Å². The third-order valence-electron chi connectivity index (χ3n) is 1.82. The maximum atomic E-state index is 2.41. The van der Waals surface area contributed by atoms with Gasteiger partial charge in [-0.1, -0.05) is 60.7 Å². The number of halogens is 1. The average Bonchev–Trinajstić information content (AvgIpc) is 2.04. The van der Waals surface area contributed by atoms with Gasteiger partial charge in [-0.05, 0) is 17.0 Å². The van der Waals surface area contributed by atoms with E-state index in [1.54, 1.807) is 0 Å². The molecule has 0 unspecified atom stereocenters. The summed E-state index contributed by atoms with van der Waals surface area (Å²) in [5, 5.41) is 0. The highest BCUT2D eigenvalue weighted by Gasteiger charge is 2.02. The average molecular weight is 260 g/mol. The first-order valence-corrected chi connectivity index (χ1v) is 5.42. The van der Waals surface area contributed by atoms with Gasteiger partial charge in [0.2, 0.25) is 0 Å². The van der Waals surface area contributed by atoms with E-state index in [-0.39, 0.29) is 0 Å². The van der Waals surface area contributed by atoms with E-state index in [9.17, 15) is 0 Å². The van der Waals surface area contributed by atoms with Crippen LogP contribution in [0.15, 0.2) is 24.3 Å². The van der Waals surface area contributed by atoms with E-state index in [1.807, 2.05) is 0 Å². The highest BCUT2D eigenvalue weighted by atomic mass is 127. The van der Waals surface area contributed by atoms with Crippen molar-refractivity contribution >= 4 is 22.6 Å². The molecule has 0 atom stereocenters. The number of hydrogen-bond acceptors (Lipinski definition) is 0. The minimum absolute atomic E-state index is 0.654. The molecular weight excluding hydrogens is 247 g/mol. The Morgan fingerprint density at radius 3 is 2.36 bits per heavy atom. The summed E-state index contributed by atoms with van der Waals surface area (Å²) >= 11 is 2.41. The molecule has 0 aromatic heterocycles. The molecule has 0 aliphatic heterocycles. The quantitative estimate of drug-likeness (QED) is 0.561. The van der Waals surface area contributed by atoms with Crippen molar-refractivity contribution in [2.24, 2.45) is 0 Å². The molecule has 0 saturated carbocycles. The van der Waals surface area contributed by atoms with Gasteiger partial charge >= 0.3 is 0 Å². The summed E-state index contributed by atoms with van der Waals surface area (Å²) in [5.74, 6) is 0.654. The predicted molar refractivity (Wildman–Crippen MR) is 58.3 cm³/mol. The highest BCUT2D eigenvalue weighted by Crippen LogP contribution is 2.20. The van der Waals surface area contributed by atoms with E-state index in [0.717, 1.165) is 4.43 Å². The Hall–Kier alpha value is -0.0500. The van der Waals surface area contributed by atoms with Crippen molar-refractivity contribution in [3.63, 3.8) is 0 Å². The van der Waals surface area contributed by atoms with Gasteiger partial charge in [0.15, 0.2) is 0 Å². The lowest BCUT2D eigenvalue weighted by Gasteiger charge is -2.09. The Bertz CT molecular complexity index is 228. The molecule has 0 spiro atoms. The lowest BCUT2D eigenvalue weighted by molar-refractivity contribution is 0.856. The Kier molecular flexibility index (Phi) is 3.37. The van der Waals surface area contributed by atoms with Crippen LogP contribution in [0.4, 0.5) is 0 Å². The summed E-state index contributed by atoms with van der Waals surface area (Å²) in [6.45, 7) is 4.48. The van der Waals surface area contributed by atoms with E-state index in [2.05, 4.69) is 60.7 Å². The first kappa shape index (κ1) is 9.04. The number of rotatable bonds is 2. The number of hydrogen-bond donors (Lipinski definition) is 0. The van der Waals surface area contributed by atoms with Crippen LogP contribution in [0.1, 0.15) is 30.9 Å². The van der Waals surface area contributed by atoms with Crippen molar-refractivity contribution in [3.8, 4) is 0 Å². The second kappa shape index (κ2) is 4.10. The molecular formula is C10H13I. The summed E-state index contributed by atoms with van der Waals surface area (Å²) in [4.78, 5) is 0. The van der Waals surface area contributed by atoms with Crippen LogP contribution in [0.25, 0.3) is 0 Å². The Morgan fingerprint density at radius 1 is 1.27 bits per heavy atom. The van der Waals surface area contributed by atoms with Gasteiger partial charge in [0, 0.05) is 4.43 Å². The summed E-state index contributed by atoms with van der Waals surface area (Å²) in [7, 11) is 0. The summed E-state index contributed by atoms with van der Waals surface area (Å²) < 4.78 is 1.12. The monoisotopic (exact) mass is 260 g/mol. The van der Waals surface area contributed by atoms with Crippen LogP contribution in [0.3, 0.4) is 0 Å². The van der Waals surface area contributed by atoms with Gasteiger partial charge in [-0.15, -0.1) is 0 Å². The van der Waals surface area contributed by atoms with Gasteiger partial charge in [0.1, 0.15) is 0 Å². The summed E-state index contributed by atoms with van der Waals surface area (Å²) in [6.07, 6.45) is 0. The Labute approximate surface area is 82.2 Å². The van der Waals surface area contributed by atoms with Gasteiger partial charge < -0.3 is 0 Å². The smallest absolute Gasteiger partial charge is 0.0249 e. The standard InChI is InChI=1S/C10H13I/c1-8(2)10-6-4-3-5-9(10)7-11/h3-6,8H,7H2,1-2H3. The molecule has 11 heavy (non-hydrogen) atoms. The lowest BCUT2D eigenvalue weighted by atomic mass is 9.99. The molecule has 1 rings (SSSR count). The summed E-state index contributed by atoms with van der Waals surface area (Å²) in [5.41, 5.74) is 2.96. The third kappa shape index (κ3) is 2.19. The van der Waals surface area contributed by atoms with Gasteiger partial charge in [0.25, 0.3) is 0 Å². The zero-order valence-corrected chi connectivity index (χ0v) is 9.13. The predicted octanol–water partition coefficient (Wildman–Crippen LogP) is 3.75. The lowest BCUT2D eigenvalue weighted by Crippen LogP contribution is -1.92. The molecule has 0 heterocycles. The molecule has 0 amide bonds. The van der Waals surface area contributed by atoms with Gasteiger partial charge in [0.05, 0.1) is 0 Å². The molecule has 0 aliphatic rings. The van der Waals surface area contributed by atoms with Crippen molar-refractivity contribution < 1.29 is 0 Å². The Morgan fingerprint density at radius 2 is 1.91 bits per heavy atom. The SMILES string of the molecule is CC(C)c1ccccc1CI. The van der Waals surface area contributed by atoms with Crippen molar-refractivity contribution in [1.29, 1.82) is 0 Å². The molecule has 1 aromatic carbocycles. The number of alkyl halides is 1. The largest absolute Gasteiger partial charge is 0.0812 e. The second-order valence-corrected chi connectivity index (χ2v) is 3.75. The minimum atomic E-state index is 0.654. The first-order valence-electron chi connectivity index (χ1n) is 3.89. The van der Waals surface area contributed by atoms with Crippen molar-refractivity contribution in [1.82, 2.24) is 0 Å². The molecule has 0 fully saturated rings.